The van der Waals surface area contributed by atoms with E-state index >= 15 is 0 Å². The summed E-state index contributed by atoms with van der Waals surface area (Å²) < 4.78 is 11.5. The number of carbonyl (C=O) groups excluding carboxylic acids is 1. The predicted octanol–water partition coefficient (Wildman–Crippen LogP) is 6.77. The first-order chi connectivity index (χ1) is 15.2. The van der Waals surface area contributed by atoms with Gasteiger partial charge in [-0.3, -0.25) is 4.79 Å². The molecule has 5 nitrogen and oxygen atoms in total. The van der Waals surface area contributed by atoms with Gasteiger partial charge in [-0.15, -0.1) is 0 Å². The standard InChI is InChI=1S/C26H25ClN2O3/c1-16-13-20(10-11-21(16)27)31-15-24(30)28-19-9-12-23-22(14-19)29-25(32-23)17-5-7-18(8-6-17)26(2,3)4/h5-14H,15H2,1-4H3,(H,28,30). The highest BCUT2D eigenvalue weighted by Crippen LogP contribution is 2.29. The second-order valence-corrected chi connectivity index (χ2v) is 9.18. The summed E-state index contributed by atoms with van der Waals surface area (Å²) in [7, 11) is 0. The topological polar surface area (TPSA) is 64.4 Å². The number of hydrogen-bond donors (Lipinski definition) is 1. The van der Waals surface area contributed by atoms with E-state index < -0.39 is 0 Å². The van der Waals surface area contributed by atoms with Crippen LogP contribution in [0.25, 0.3) is 22.6 Å². The third kappa shape index (κ3) is 4.94. The number of anilines is 1. The minimum Gasteiger partial charge on any atom is -0.484 e. The van der Waals surface area contributed by atoms with Crippen molar-refractivity contribution in [3.8, 4) is 17.2 Å². The van der Waals surface area contributed by atoms with Gasteiger partial charge < -0.3 is 14.5 Å². The first-order valence-electron chi connectivity index (χ1n) is 10.4. The van der Waals surface area contributed by atoms with Crippen LogP contribution in [-0.2, 0) is 10.2 Å². The molecule has 1 aromatic heterocycles. The third-order valence-electron chi connectivity index (χ3n) is 5.17. The number of benzene rings is 3. The molecular formula is C26H25ClN2O3. The molecule has 0 aliphatic heterocycles. The van der Waals surface area contributed by atoms with Gasteiger partial charge in [-0.2, -0.15) is 0 Å². The summed E-state index contributed by atoms with van der Waals surface area (Å²) in [6.07, 6.45) is 0. The van der Waals surface area contributed by atoms with Crippen molar-refractivity contribution in [3.63, 3.8) is 0 Å². The summed E-state index contributed by atoms with van der Waals surface area (Å²) in [4.78, 5) is 16.9. The fourth-order valence-electron chi connectivity index (χ4n) is 3.29. The Bertz CT molecular complexity index is 1270. The van der Waals surface area contributed by atoms with E-state index in [4.69, 9.17) is 20.8 Å². The molecule has 0 bridgehead atoms. The van der Waals surface area contributed by atoms with Gasteiger partial charge in [-0.1, -0.05) is 44.5 Å². The number of amides is 1. The molecule has 6 heteroatoms. The molecule has 4 rings (SSSR count). The Morgan fingerprint density at radius 3 is 2.50 bits per heavy atom. The van der Waals surface area contributed by atoms with Gasteiger partial charge in [-0.25, -0.2) is 4.98 Å². The van der Waals surface area contributed by atoms with E-state index in [0.29, 0.717) is 33.4 Å². The van der Waals surface area contributed by atoms with Crippen molar-refractivity contribution in [3.05, 3.63) is 76.8 Å². The maximum Gasteiger partial charge on any atom is 0.262 e. The van der Waals surface area contributed by atoms with Crippen LogP contribution in [0.3, 0.4) is 0 Å². The zero-order valence-corrected chi connectivity index (χ0v) is 19.3. The van der Waals surface area contributed by atoms with Gasteiger partial charge in [0.1, 0.15) is 11.3 Å². The Kier molecular flexibility index (Phi) is 5.94. The van der Waals surface area contributed by atoms with Crippen LogP contribution in [-0.4, -0.2) is 17.5 Å². The second-order valence-electron chi connectivity index (χ2n) is 8.78. The number of hydrogen-bond acceptors (Lipinski definition) is 4. The van der Waals surface area contributed by atoms with Crippen molar-refractivity contribution in [1.82, 2.24) is 4.98 Å². The van der Waals surface area contributed by atoms with Crippen molar-refractivity contribution in [1.29, 1.82) is 0 Å². The fraction of sp³-hybridized carbons (Fsp3) is 0.231. The Labute approximate surface area is 192 Å². The summed E-state index contributed by atoms with van der Waals surface area (Å²) in [5, 5.41) is 3.49. The summed E-state index contributed by atoms with van der Waals surface area (Å²) >= 11 is 6.02. The number of oxazole rings is 1. The number of aryl methyl sites for hydroxylation is 1. The highest BCUT2D eigenvalue weighted by Gasteiger charge is 2.15. The molecule has 0 fully saturated rings. The van der Waals surface area contributed by atoms with Crippen LogP contribution < -0.4 is 10.1 Å². The van der Waals surface area contributed by atoms with Gasteiger partial charge in [0.05, 0.1) is 0 Å². The van der Waals surface area contributed by atoms with Crippen LogP contribution in [0.15, 0.2) is 65.1 Å². The molecule has 0 radical (unpaired) electrons. The van der Waals surface area contributed by atoms with E-state index in [1.807, 2.05) is 19.1 Å². The molecule has 3 aromatic carbocycles. The average molecular weight is 449 g/mol. The lowest BCUT2D eigenvalue weighted by atomic mass is 9.87. The number of halogens is 1. The first-order valence-corrected chi connectivity index (χ1v) is 10.8. The lowest BCUT2D eigenvalue weighted by molar-refractivity contribution is -0.118. The van der Waals surface area contributed by atoms with Gasteiger partial charge in [0.15, 0.2) is 12.2 Å². The maximum absolute atomic E-state index is 12.3. The van der Waals surface area contributed by atoms with Crippen molar-refractivity contribution in [2.75, 3.05) is 11.9 Å². The number of aromatic nitrogens is 1. The Morgan fingerprint density at radius 1 is 1.06 bits per heavy atom. The smallest absolute Gasteiger partial charge is 0.262 e. The van der Waals surface area contributed by atoms with E-state index in [9.17, 15) is 4.79 Å². The predicted molar refractivity (Wildman–Crippen MR) is 128 cm³/mol. The van der Waals surface area contributed by atoms with Crippen LogP contribution in [0.2, 0.25) is 5.02 Å². The minimum atomic E-state index is -0.265. The molecule has 0 aliphatic rings. The van der Waals surface area contributed by atoms with Gasteiger partial charge >= 0.3 is 0 Å². The zero-order chi connectivity index (χ0) is 22.9. The van der Waals surface area contributed by atoms with Crippen molar-refractivity contribution < 1.29 is 13.9 Å². The van der Waals surface area contributed by atoms with E-state index in [1.165, 1.54) is 5.56 Å². The summed E-state index contributed by atoms with van der Waals surface area (Å²) in [5.41, 5.74) is 5.09. The van der Waals surface area contributed by atoms with Crippen LogP contribution >= 0.6 is 11.6 Å². The number of nitrogens with one attached hydrogen (secondary N) is 1. The number of rotatable bonds is 5. The normalized spacial score (nSPS) is 11.5. The van der Waals surface area contributed by atoms with Crippen LogP contribution in [0.5, 0.6) is 5.75 Å². The monoisotopic (exact) mass is 448 g/mol. The van der Waals surface area contributed by atoms with Crippen LogP contribution in [0.4, 0.5) is 5.69 Å². The molecule has 0 aliphatic carbocycles. The second kappa shape index (κ2) is 8.67. The molecule has 0 saturated carbocycles. The Hall–Kier alpha value is -3.31. The maximum atomic E-state index is 12.3. The Balaban J connectivity index is 1.44. The summed E-state index contributed by atoms with van der Waals surface area (Å²) in [5.74, 6) is 0.875. The largest absolute Gasteiger partial charge is 0.484 e. The van der Waals surface area contributed by atoms with E-state index in [2.05, 4.69) is 43.2 Å². The lowest BCUT2D eigenvalue weighted by Gasteiger charge is -2.18. The van der Waals surface area contributed by atoms with Crippen molar-refractivity contribution in [2.24, 2.45) is 0 Å². The molecule has 0 saturated heterocycles. The van der Waals surface area contributed by atoms with Crippen LogP contribution in [0.1, 0.15) is 31.9 Å². The minimum absolute atomic E-state index is 0.0864. The molecular weight excluding hydrogens is 424 g/mol. The van der Waals surface area contributed by atoms with Crippen LogP contribution in [0, 0.1) is 6.92 Å². The molecule has 0 atom stereocenters. The zero-order valence-electron chi connectivity index (χ0n) is 18.5. The molecule has 1 heterocycles. The highest BCUT2D eigenvalue weighted by atomic mass is 35.5. The van der Waals surface area contributed by atoms with Gasteiger partial charge in [-0.05, 0) is 72.0 Å². The quantitative estimate of drug-likeness (QED) is 0.365. The number of carbonyl (C=O) groups is 1. The van der Waals surface area contributed by atoms with Crippen molar-refractivity contribution >= 4 is 34.3 Å². The number of ether oxygens (including phenoxy) is 1. The highest BCUT2D eigenvalue weighted by molar-refractivity contribution is 6.31. The Morgan fingerprint density at radius 2 is 1.81 bits per heavy atom. The van der Waals surface area contributed by atoms with E-state index in [0.717, 1.165) is 11.1 Å². The molecule has 0 spiro atoms. The van der Waals surface area contributed by atoms with Gasteiger partial charge in [0, 0.05) is 16.3 Å². The molecule has 1 N–H and O–H groups in total. The van der Waals surface area contributed by atoms with Gasteiger partial charge in [0.2, 0.25) is 5.89 Å². The molecule has 4 aromatic rings. The molecule has 32 heavy (non-hydrogen) atoms. The van der Waals surface area contributed by atoms with E-state index in [-0.39, 0.29) is 17.9 Å². The summed E-state index contributed by atoms with van der Waals surface area (Å²) in [6, 6.07) is 18.9. The molecule has 0 unspecified atom stereocenters. The molecule has 164 valence electrons. The lowest BCUT2D eigenvalue weighted by Crippen LogP contribution is -2.20. The SMILES string of the molecule is Cc1cc(OCC(=O)Nc2ccc3oc(-c4ccc(C(C)(C)C)cc4)nc3c2)ccc1Cl. The number of fused-ring (bicyclic) bond motifs is 1. The van der Waals surface area contributed by atoms with E-state index in [1.54, 1.807) is 36.4 Å². The van der Waals surface area contributed by atoms with Crippen molar-refractivity contribution in [2.45, 2.75) is 33.1 Å². The van der Waals surface area contributed by atoms with Gasteiger partial charge in [0.25, 0.3) is 5.91 Å². The first kappa shape index (κ1) is 21.9. The number of nitrogens with zero attached hydrogens (tertiary/aromatic N) is 1. The fourth-order valence-corrected chi connectivity index (χ4v) is 3.41. The summed E-state index contributed by atoms with van der Waals surface area (Å²) in [6.45, 7) is 8.31. The average Bonchev–Trinajstić information content (AvgIpc) is 3.17. The molecule has 1 amide bonds. The third-order valence-corrected chi connectivity index (χ3v) is 5.59.